The first-order chi connectivity index (χ1) is 13.8. The first kappa shape index (κ1) is 19.0. The Balaban J connectivity index is 1.24. The average molecular weight is 380 g/mol. The maximum atomic E-state index is 12.6. The van der Waals surface area contributed by atoms with Crippen molar-refractivity contribution in [1.82, 2.24) is 25.1 Å². The first-order valence-electron chi connectivity index (χ1n) is 10.3. The van der Waals surface area contributed by atoms with Gasteiger partial charge in [-0.25, -0.2) is 0 Å². The van der Waals surface area contributed by atoms with Gasteiger partial charge in [0.25, 0.3) is 5.91 Å². The van der Waals surface area contributed by atoms with Gasteiger partial charge in [0, 0.05) is 68.6 Å². The molecule has 28 heavy (non-hydrogen) atoms. The van der Waals surface area contributed by atoms with Crippen LogP contribution in [0.15, 0.2) is 49.1 Å². The van der Waals surface area contributed by atoms with E-state index >= 15 is 0 Å². The Hall–Kier alpha value is -2.31. The maximum Gasteiger partial charge on any atom is 0.253 e. The highest BCUT2D eigenvalue weighted by atomic mass is 16.2. The molecule has 0 saturated carbocycles. The van der Waals surface area contributed by atoms with E-state index in [2.05, 4.69) is 26.3 Å². The molecule has 1 atom stereocenters. The monoisotopic (exact) mass is 379 g/mol. The van der Waals surface area contributed by atoms with Crippen molar-refractivity contribution in [3.63, 3.8) is 0 Å². The molecular formula is C22H29N5O. The van der Waals surface area contributed by atoms with Crippen molar-refractivity contribution in [2.75, 3.05) is 26.2 Å². The first-order valence-corrected chi connectivity index (χ1v) is 10.3. The minimum Gasteiger partial charge on any atom is -0.339 e. The van der Waals surface area contributed by atoms with E-state index in [0.717, 1.165) is 51.1 Å². The molecule has 1 amide bonds. The van der Waals surface area contributed by atoms with Gasteiger partial charge in [0.05, 0.1) is 0 Å². The number of hydrogen-bond donors (Lipinski definition) is 1. The van der Waals surface area contributed by atoms with E-state index in [-0.39, 0.29) is 5.91 Å². The lowest BCUT2D eigenvalue weighted by molar-refractivity contribution is 0.0694. The topological polar surface area (TPSA) is 61.4 Å². The highest BCUT2D eigenvalue weighted by molar-refractivity contribution is 5.94. The molecule has 2 aromatic heterocycles. The lowest BCUT2D eigenvalue weighted by atomic mass is 9.99. The summed E-state index contributed by atoms with van der Waals surface area (Å²) < 4.78 is 0. The van der Waals surface area contributed by atoms with Gasteiger partial charge in [-0.1, -0.05) is 6.07 Å². The molecule has 0 aliphatic carbocycles. The van der Waals surface area contributed by atoms with E-state index in [9.17, 15) is 4.79 Å². The minimum atomic E-state index is 0.126. The molecule has 2 aliphatic rings. The summed E-state index contributed by atoms with van der Waals surface area (Å²) in [7, 11) is 0. The minimum absolute atomic E-state index is 0.126. The van der Waals surface area contributed by atoms with E-state index in [1.165, 1.54) is 18.4 Å². The molecular weight excluding hydrogens is 350 g/mol. The number of carbonyl (C=O) groups is 1. The SMILES string of the molecule is O=C(c1ccncc1)N1CCC(NC2CCCN(Cc3cccnc3)C2)CC1. The summed E-state index contributed by atoms with van der Waals surface area (Å²) in [6, 6.07) is 8.80. The lowest BCUT2D eigenvalue weighted by Crippen LogP contribution is -2.52. The molecule has 1 unspecified atom stereocenters. The third-order valence-electron chi connectivity index (χ3n) is 5.82. The zero-order valence-corrected chi connectivity index (χ0v) is 16.3. The molecule has 0 aromatic carbocycles. The Morgan fingerprint density at radius 1 is 1.00 bits per heavy atom. The number of pyridine rings is 2. The second-order valence-corrected chi connectivity index (χ2v) is 7.90. The smallest absolute Gasteiger partial charge is 0.253 e. The molecule has 0 spiro atoms. The van der Waals surface area contributed by atoms with E-state index in [4.69, 9.17) is 0 Å². The largest absolute Gasteiger partial charge is 0.339 e. The average Bonchev–Trinajstić information content (AvgIpc) is 2.75. The summed E-state index contributed by atoms with van der Waals surface area (Å²) in [5.74, 6) is 0.126. The van der Waals surface area contributed by atoms with Gasteiger partial charge >= 0.3 is 0 Å². The van der Waals surface area contributed by atoms with Crippen LogP contribution in [0, 0.1) is 0 Å². The van der Waals surface area contributed by atoms with Crippen LogP contribution in [0.5, 0.6) is 0 Å². The van der Waals surface area contributed by atoms with Crippen molar-refractivity contribution in [3.05, 3.63) is 60.2 Å². The van der Waals surface area contributed by atoms with Crippen LogP contribution in [-0.4, -0.2) is 63.9 Å². The van der Waals surface area contributed by atoms with Gasteiger partial charge in [-0.15, -0.1) is 0 Å². The predicted molar refractivity (Wildman–Crippen MR) is 109 cm³/mol. The summed E-state index contributed by atoms with van der Waals surface area (Å²) >= 11 is 0. The van der Waals surface area contributed by atoms with Crippen molar-refractivity contribution in [1.29, 1.82) is 0 Å². The Labute approximate surface area is 167 Å². The van der Waals surface area contributed by atoms with E-state index < -0.39 is 0 Å². The van der Waals surface area contributed by atoms with Crippen molar-refractivity contribution in [2.24, 2.45) is 0 Å². The van der Waals surface area contributed by atoms with Gasteiger partial charge in [-0.2, -0.15) is 0 Å². The highest BCUT2D eigenvalue weighted by Gasteiger charge is 2.27. The quantitative estimate of drug-likeness (QED) is 0.864. The number of nitrogens with one attached hydrogen (secondary N) is 1. The van der Waals surface area contributed by atoms with Crippen LogP contribution in [0.25, 0.3) is 0 Å². The molecule has 0 bridgehead atoms. The van der Waals surface area contributed by atoms with E-state index in [1.54, 1.807) is 24.5 Å². The van der Waals surface area contributed by atoms with Crippen LogP contribution in [-0.2, 0) is 6.54 Å². The van der Waals surface area contributed by atoms with Crippen LogP contribution < -0.4 is 5.32 Å². The van der Waals surface area contributed by atoms with E-state index in [0.29, 0.717) is 12.1 Å². The fourth-order valence-corrected chi connectivity index (χ4v) is 4.34. The summed E-state index contributed by atoms with van der Waals surface area (Å²) in [6.45, 7) is 4.87. The van der Waals surface area contributed by atoms with Gasteiger partial charge in [0.15, 0.2) is 0 Å². The van der Waals surface area contributed by atoms with Gasteiger partial charge in [-0.05, 0) is 56.0 Å². The normalized spacial score (nSPS) is 21.6. The van der Waals surface area contributed by atoms with E-state index in [1.807, 2.05) is 23.4 Å². The predicted octanol–water partition coefficient (Wildman–Crippen LogP) is 2.34. The zero-order valence-electron chi connectivity index (χ0n) is 16.3. The third-order valence-corrected chi connectivity index (χ3v) is 5.82. The summed E-state index contributed by atoms with van der Waals surface area (Å²) in [5.41, 5.74) is 2.02. The number of nitrogens with zero attached hydrogens (tertiary/aromatic N) is 4. The van der Waals surface area contributed by atoms with Gasteiger partial charge in [-0.3, -0.25) is 19.7 Å². The maximum absolute atomic E-state index is 12.6. The van der Waals surface area contributed by atoms with Crippen molar-refractivity contribution in [2.45, 2.75) is 44.3 Å². The van der Waals surface area contributed by atoms with Crippen molar-refractivity contribution in [3.8, 4) is 0 Å². The molecule has 2 saturated heterocycles. The molecule has 4 rings (SSSR count). The fourth-order valence-electron chi connectivity index (χ4n) is 4.34. The molecule has 2 fully saturated rings. The molecule has 6 heteroatoms. The third kappa shape index (κ3) is 4.94. The van der Waals surface area contributed by atoms with Crippen LogP contribution >= 0.6 is 0 Å². The van der Waals surface area contributed by atoms with Gasteiger partial charge < -0.3 is 10.2 Å². The lowest BCUT2D eigenvalue weighted by Gasteiger charge is -2.38. The van der Waals surface area contributed by atoms with Crippen LogP contribution in [0.4, 0.5) is 0 Å². The second-order valence-electron chi connectivity index (χ2n) is 7.90. The summed E-state index contributed by atoms with van der Waals surface area (Å²) in [6.07, 6.45) is 11.7. The second kappa shape index (κ2) is 9.26. The molecule has 1 N–H and O–H groups in total. The number of carbonyl (C=O) groups excluding carboxylic acids is 1. The molecule has 6 nitrogen and oxygen atoms in total. The molecule has 4 heterocycles. The zero-order chi connectivity index (χ0) is 19.2. The van der Waals surface area contributed by atoms with Crippen LogP contribution in [0.1, 0.15) is 41.6 Å². The summed E-state index contributed by atoms with van der Waals surface area (Å²) in [5, 5.41) is 3.87. The summed E-state index contributed by atoms with van der Waals surface area (Å²) in [4.78, 5) is 25.3. The van der Waals surface area contributed by atoms with Crippen molar-refractivity contribution < 1.29 is 4.79 Å². The Morgan fingerprint density at radius 2 is 1.82 bits per heavy atom. The Kier molecular flexibility index (Phi) is 6.29. The van der Waals surface area contributed by atoms with Crippen LogP contribution in [0.3, 0.4) is 0 Å². The Morgan fingerprint density at radius 3 is 2.57 bits per heavy atom. The van der Waals surface area contributed by atoms with Gasteiger partial charge in [0.2, 0.25) is 0 Å². The molecule has 0 radical (unpaired) electrons. The highest BCUT2D eigenvalue weighted by Crippen LogP contribution is 2.18. The number of aromatic nitrogens is 2. The molecule has 2 aromatic rings. The van der Waals surface area contributed by atoms with Crippen molar-refractivity contribution >= 4 is 5.91 Å². The Bertz CT molecular complexity index is 746. The number of amides is 1. The van der Waals surface area contributed by atoms with Gasteiger partial charge in [0.1, 0.15) is 0 Å². The molecule has 2 aliphatic heterocycles. The van der Waals surface area contributed by atoms with Crippen LogP contribution in [0.2, 0.25) is 0 Å². The number of likely N-dealkylation sites (tertiary alicyclic amines) is 2. The fraction of sp³-hybridized carbons (Fsp3) is 0.500. The number of rotatable bonds is 5. The standard InChI is InChI=1S/C22H29N5O/c28-22(19-5-10-23-11-6-19)27-13-7-20(8-14-27)25-21-4-2-12-26(17-21)16-18-3-1-9-24-15-18/h1,3,5-6,9-11,15,20-21,25H,2,4,7-8,12-14,16-17H2. The number of piperidine rings is 2. The number of hydrogen-bond acceptors (Lipinski definition) is 5. The molecule has 148 valence electrons.